The quantitative estimate of drug-likeness (QED) is 0.205. The first-order chi connectivity index (χ1) is 24.8. The SMILES string of the molecule is c1ccc(-c2cccc(C3=NC(c4cccc(-c5ccc6c(c5)c5c7scnc7cc7c8ccccc8n6c75)c4)Nc4ccccc43)c2)cc1. The van der Waals surface area contributed by atoms with Crippen LogP contribution in [0, 0.1) is 0 Å². The molecule has 0 saturated carbocycles. The number of para-hydroxylation sites is 2. The fourth-order valence-electron chi connectivity index (χ4n) is 8.00. The van der Waals surface area contributed by atoms with E-state index in [9.17, 15) is 0 Å². The Bertz CT molecular complexity index is 2970. The van der Waals surface area contributed by atoms with E-state index in [0.29, 0.717) is 0 Å². The lowest BCUT2D eigenvalue weighted by atomic mass is 9.94. The Kier molecular flexibility index (Phi) is 5.86. The molecule has 1 aliphatic rings. The normalized spacial score (nSPS) is 14.5. The molecule has 4 nitrogen and oxygen atoms in total. The zero-order valence-electron chi connectivity index (χ0n) is 26.8. The molecule has 0 aliphatic carbocycles. The van der Waals surface area contributed by atoms with Crippen molar-refractivity contribution in [2.24, 2.45) is 4.99 Å². The molecule has 0 fully saturated rings. The number of benzene rings is 7. The lowest BCUT2D eigenvalue weighted by molar-refractivity contribution is 0.828. The predicted molar refractivity (Wildman–Crippen MR) is 210 cm³/mol. The highest BCUT2D eigenvalue weighted by Crippen LogP contribution is 2.45. The predicted octanol–water partition coefficient (Wildman–Crippen LogP) is 11.7. The molecule has 7 aromatic carbocycles. The average molecular weight is 657 g/mol. The third kappa shape index (κ3) is 4.04. The summed E-state index contributed by atoms with van der Waals surface area (Å²) in [6, 6.07) is 54.5. The van der Waals surface area contributed by atoms with Gasteiger partial charge in [0.15, 0.2) is 0 Å². The molecule has 1 aliphatic heterocycles. The monoisotopic (exact) mass is 656 g/mol. The first kappa shape index (κ1) is 27.6. The van der Waals surface area contributed by atoms with Crippen molar-refractivity contribution in [3.63, 3.8) is 0 Å². The largest absolute Gasteiger partial charge is 0.360 e. The highest BCUT2D eigenvalue weighted by molar-refractivity contribution is 7.18. The zero-order valence-corrected chi connectivity index (χ0v) is 27.7. The fourth-order valence-corrected chi connectivity index (χ4v) is 8.83. The van der Waals surface area contributed by atoms with E-state index in [1.807, 2.05) is 5.51 Å². The average Bonchev–Trinajstić information content (AvgIpc) is 3.89. The molecule has 1 N–H and O–H groups in total. The second-order valence-electron chi connectivity index (χ2n) is 13.1. The first-order valence-corrected chi connectivity index (χ1v) is 17.8. The summed E-state index contributed by atoms with van der Waals surface area (Å²) in [6.45, 7) is 0. The van der Waals surface area contributed by atoms with Gasteiger partial charge in [0.2, 0.25) is 0 Å². The van der Waals surface area contributed by atoms with Gasteiger partial charge in [-0.25, -0.2) is 4.98 Å². The number of fused-ring (bicyclic) bond motifs is 9. The maximum Gasteiger partial charge on any atom is 0.145 e. The molecule has 0 saturated heterocycles. The molecule has 0 amide bonds. The first-order valence-electron chi connectivity index (χ1n) is 16.9. The molecule has 1 atom stereocenters. The summed E-state index contributed by atoms with van der Waals surface area (Å²) in [5, 5.41) is 8.83. The van der Waals surface area contributed by atoms with Crippen molar-refractivity contribution in [3.8, 4) is 22.3 Å². The van der Waals surface area contributed by atoms with Crippen LogP contribution in [0.1, 0.15) is 22.9 Å². The van der Waals surface area contributed by atoms with E-state index >= 15 is 0 Å². The van der Waals surface area contributed by atoms with Crippen LogP contribution in [-0.4, -0.2) is 15.1 Å². The Morgan fingerprint density at radius 3 is 2.24 bits per heavy atom. The molecular weight excluding hydrogens is 629 g/mol. The molecule has 50 heavy (non-hydrogen) atoms. The topological polar surface area (TPSA) is 41.7 Å². The maximum absolute atomic E-state index is 5.39. The van der Waals surface area contributed by atoms with Crippen molar-refractivity contribution in [2.75, 3.05) is 5.32 Å². The van der Waals surface area contributed by atoms with Gasteiger partial charge < -0.3 is 9.72 Å². The van der Waals surface area contributed by atoms with Crippen LogP contribution in [0.25, 0.3) is 70.6 Å². The van der Waals surface area contributed by atoms with Crippen LogP contribution >= 0.6 is 11.3 Å². The summed E-state index contributed by atoms with van der Waals surface area (Å²) in [5.41, 5.74) is 17.0. The van der Waals surface area contributed by atoms with Gasteiger partial charge in [0.25, 0.3) is 0 Å². The zero-order chi connectivity index (χ0) is 32.8. The Balaban J connectivity index is 1.05. The Morgan fingerprint density at radius 2 is 1.30 bits per heavy atom. The number of aliphatic imine (C=N–C) groups is 1. The van der Waals surface area contributed by atoms with E-state index in [4.69, 9.17) is 9.98 Å². The fraction of sp³-hybridized carbons (Fsp3) is 0.0222. The van der Waals surface area contributed by atoms with Gasteiger partial charge in [-0.3, -0.25) is 4.99 Å². The van der Waals surface area contributed by atoms with Crippen molar-refractivity contribution in [1.29, 1.82) is 0 Å². The van der Waals surface area contributed by atoms with Crippen LogP contribution in [0.2, 0.25) is 0 Å². The van der Waals surface area contributed by atoms with E-state index in [2.05, 4.69) is 161 Å². The minimum absolute atomic E-state index is 0.229. The number of hydrogen-bond acceptors (Lipinski definition) is 4. The van der Waals surface area contributed by atoms with Gasteiger partial charge in [-0.1, -0.05) is 109 Å². The molecule has 10 aromatic rings. The number of thiazole rings is 1. The van der Waals surface area contributed by atoms with Crippen LogP contribution in [0.5, 0.6) is 0 Å². The second kappa shape index (κ2) is 10.6. The highest BCUT2D eigenvalue weighted by Gasteiger charge is 2.24. The third-order valence-electron chi connectivity index (χ3n) is 10.3. The van der Waals surface area contributed by atoms with Crippen molar-refractivity contribution >= 4 is 71.0 Å². The van der Waals surface area contributed by atoms with Gasteiger partial charge >= 0.3 is 0 Å². The smallest absolute Gasteiger partial charge is 0.145 e. The van der Waals surface area contributed by atoms with Gasteiger partial charge in [-0.15, -0.1) is 11.3 Å². The molecule has 11 rings (SSSR count). The molecule has 3 aromatic heterocycles. The lowest BCUT2D eigenvalue weighted by Crippen LogP contribution is -2.20. The second-order valence-corrected chi connectivity index (χ2v) is 13.9. The van der Waals surface area contributed by atoms with Crippen LogP contribution in [0.3, 0.4) is 0 Å². The standard InChI is InChI=1S/C45H28N4S/c1-2-10-27(11-3-1)28-12-8-14-31(22-28)42-34-17-4-6-18-37(34)47-45(48-42)32-15-9-13-29(23-32)30-20-21-40-36(24-30)41-43-35(25-38-44(41)50-26-46-38)33-16-5-7-19-39(33)49(40)43/h1-26,45,47H. The third-order valence-corrected chi connectivity index (χ3v) is 11.1. The summed E-state index contributed by atoms with van der Waals surface area (Å²) >= 11 is 1.73. The summed E-state index contributed by atoms with van der Waals surface area (Å²) in [4.78, 5) is 10.1. The van der Waals surface area contributed by atoms with Gasteiger partial charge in [0, 0.05) is 38.4 Å². The lowest BCUT2D eigenvalue weighted by Gasteiger charge is -2.26. The number of hydrogen-bond donors (Lipinski definition) is 1. The van der Waals surface area contributed by atoms with Crippen LogP contribution in [0.15, 0.2) is 162 Å². The molecule has 1 unspecified atom stereocenters. The number of rotatable bonds is 4. The molecule has 5 heteroatoms. The summed E-state index contributed by atoms with van der Waals surface area (Å²) in [6.07, 6.45) is -0.229. The Labute approximate surface area is 292 Å². The van der Waals surface area contributed by atoms with E-state index < -0.39 is 0 Å². The van der Waals surface area contributed by atoms with Gasteiger partial charge in [-0.05, 0) is 70.3 Å². The Morgan fingerprint density at radius 1 is 0.560 bits per heavy atom. The summed E-state index contributed by atoms with van der Waals surface area (Å²) in [5.74, 6) is 0. The minimum atomic E-state index is -0.229. The molecule has 234 valence electrons. The number of anilines is 1. The van der Waals surface area contributed by atoms with Gasteiger partial charge in [0.1, 0.15) is 6.17 Å². The van der Waals surface area contributed by atoms with Crippen molar-refractivity contribution < 1.29 is 0 Å². The number of nitrogens with one attached hydrogen (secondary N) is 1. The highest BCUT2D eigenvalue weighted by atomic mass is 32.1. The van der Waals surface area contributed by atoms with E-state index in [-0.39, 0.29) is 6.17 Å². The van der Waals surface area contributed by atoms with Crippen molar-refractivity contribution in [3.05, 3.63) is 174 Å². The van der Waals surface area contributed by atoms with E-state index in [1.165, 1.54) is 65.0 Å². The molecular formula is C45H28N4S. The number of aromatic nitrogens is 2. The Hall–Kier alpha value is -6.30. The van der Waals surface area contributed by atoms with Crippen LogP contribution in [-0.2, 0) is 0 Å². The van der Waals surface area contributed by atoms with Gasteiger partial charge in [-0.2, -0.15) is 0 Å². The maximum atomic E-state index is 5.39. The molecule has 4 heterocycles. The van der Waals surface area contributed by atoms with E-state index in [1.54, 1.807) is 11.3 Å². The molecule has 0 bridgehead atoms. The van der Waals surface area contributed by atoms with Crippen LogP contribution in [0.4, 0.5) is 5.69 Å². The van der Waals surface area contributed by atoms with Crippen molar-refractivity contribution in [1.82, 2.24) is 9.38 Å². The summed E-state index contributed by atoms with van der Waals surface area (Å²) in [7, 11) is 0. The number of nitrogens with zero attached hydrogens (tertiary/aromatic N) is 3. The molecule has 0 radical (unpaired) electrons. The van der Waals surface area contributed by atoms with Crippen molar-refractivity contribution in [2.45, 2.75) is 6.17 Å². The summed E-state index contributed by atoms with van der Waals surface area (Å²) < 4.78 is 3.69. The van der Waals surface area contributed by atoms with Crippen LogP contribution < -0.4 is 5.32 Å². The van der Waals surface area contributed by atoms with E-state index in [0.717, 1.165) is 33.6 Å². The minimum Gasteiger partial charge on any atom is -0.360 e. The molecule has 0 spiro atoms. The van der Waals surface area contributed by atoms with Gasteiger partial charge in [0.05, 0.1) is 38.0 Å².